The third-order valence-corrected chi connectivity index (χ3v) is 5.50. The van der Waals surface area contributed by atoms with Crippen molar-refractivity contribution in [3.8, 4) is 0 Å². The molecule has 7 nitrogen and oxygen atoms in total. The highest BCUT2D eigenvalue weighted by atomic mass is 32.2. The summed E-state index contributed by atoms with van der Waals surface area (Å²) in [6.07, 6.45) is 1.39. The van der Waals surface area contributed by atoms with Crippen LogP contribution in [0.2, 0.25) is 0 Å². The first-order valence-electron chi connectivity index (χ1n) is 6.47. The van der Waals surface area contributed by atoms with E-state index in [1.807, 2.05) is 0 Å². The number of primary sulfonamides is 1. The van der Waals surface area contributed by atoms with Crippen LogP contribution in [0.5, 0.6) is 0 Å². The predicted octanol–water partition coefficient (Wildman–Crippen LogP) is -0.0676. The van der Waals surface area contributed by atoms with Crippen molar-refractivity contribution in [1.29, 1.82) is 0 Å². The van der Waals surface area contributed by atoms with Crippen LogP contribution in [0, 0.1) is 0 Å². The molecule has 0 bridgehead atoms. The van der Waals surface area contributed by atoms with Gasteiger partial charge in [0.15, 0.2) is 0 Å². The van der Waals surface area contributed by atoms with E-state index in [9.17, 15) is 16.8 Å². The van der Waals surface area contributed by atoms with Gasteiger partial charge in [-0.05, 0) is 30.5 Å². The Kier molecular flexibility index (Phi) is 4.99. The van der Waals surface area contributed by atoms with Crippen molar-refractivity contribution in [2.75, 3.05) is 12.4 Å². The van der Waals surface area contributed by atoms with Gasteiger partial charge >= 0.3 is 0 Å². The molecule has 0 saturated carbocycles. The molecule has 1 aliphatic heterocycles. The molecular formula is C12H18N2O5S2. The second kappa shape index (κ2) is 6.41. The van der Waals surface area contributed by atoms with E-state index in [-0.39, 0.29) is 23.3 Å². The van der Waals surface area contributed by atoms with Gasteiger partial charge in [-0.1, -0.05) is 12.1 Å². The number of rotatable bonds is 6. The topological polar surface area (TPSA) is 116 Å². The summed E-state index contributed by atoms with van der Waals surface area (Å²) in [5, 5.41) is 4.99. The van der Waals surface area contributed by atoms with Crippen LogP contribution in [-0.2, 0) is 31.3 Å². The van der Waals surface area contributed by atoms with Gasteiger partial charge in [-0.2, -0.15) is 0 Å². The molecule has 1 fully saturated rings. The monoisotopic (exact) mass is 334 g/mol. The molecule has 0 spiro atoms. The van der Waals surface area contributed by atoms with Crippen LogP contribution in [0.25, 0.3) is 0 Å². The van der Waals surface area contributed by atoms with Crippen LogP contribution in [-0.4, -0.2) is 35.3 Å². The van der Waals surface area contributed by atoms with Crippen LogP contribution in [0.4, 0.5) is 0 Å². The van der Waals surface area contributed by atoms with Crippen LogP contribution >= 0.6 is 0 Å². The van der Waals surface area contributed by atoms with Gasteiger partial charge in [0, 0.05) is 13.2 Å². The first-order chi connectivity index (χ1) is 9.76. The summed E-state index contributed by atoms with van der Waals surface area (Å²) in [5.74, 6) is -0.0533. The molecule has 2 rings (SSSR count). The van der Waals surface area contributed by atoms with Gasteiger partial charge in [-0.15, -0.1) is 0 Å². The number of hydrogen-bond donors (Lipinski definition) is 2. The van der Waals surface area contributed by atoms with Gasteiger partial charge in [0.25, 0.3) is 0 Å². The van der Waals surface area contributed by atoms with Crippen LogP contribution < -0.4 is 9.86 Å². The van der Waals surface area contributed by atoms with Gasteiger partial charge in [-0.25, -0.2) is 26.7 Å². The number of hydrogen-bond acceptors (Lipinski definition) is 5. The third kappa shape index (κ3) is 5.04. The molecule has 1 saturated heterocycles. The Hall–Kier alpha value is -1.00. The minimum atomic E-state index is -3.73. The number of sulfonamides is 2. The fraction of sp³-hybridized carbons (Fsp3) is 0.500. The fourth-order valence-electron chi connectivity index (χ4n) is 2.07. The van der Waals surface area contributed by atoms with Crippen molar-refractivity contribution >= 4 is 20.0 Å². The van der Waals surface area contributed by atoms with E-state index in [1.54, 1.807) is 0 Å². The van der Waals surface area contributed by atoms with Crippen molar-refractivity contribution < 1.29 is 21.6 Å². The van der Waals surface area contributed by atoms with E-state index in [1.165, 1.54) is 24.3 Å². The summed E-state index contributed by atoms with van der Waals surface area (Å²) in [5.41, 5.74) is 0.651. The Bertz CT molecular complexity index is 677. The molecule has 9 heteroatoms. The van der Waals surface area contributed by atoms with Crippen molar-refractivity contribution in [2.24, 2.45) is 5.14 Å². The maximum absolute atomic E-state index is 11.9. The molecule has 1 aromatic carbocycles. The maximum atomic E-state index is 11.9. The van der Waals surface area contributed by atoms with E-state index in [0.717, 1.165) is 12.8 Å². The average Bonchev–Trinajstić information content (AvgIpc) is 2.88. The Morgan fingerprint density at radius 3 is 2.38 bits per heavy atom. The highest BCUT2D eigenvalue weighted by Crippen LogP contribution is 2.14. The lowest BCUT2D eigenvalue weighted by Gasteiger charge is -2.11. The SMILES string of the molecule is NS(=O)(=O)c1ccc(CNS(=O)(=O)CC2CCCO2)cc1. The molecular weight excluding hydrogens is 316 g/mol. The smallest absolute Gasteiger partial charge is 0.238 e. The van der Waals surface area contributed by atoms with Gasteiger partial charge in [-0.3, -0.25) is 0 Å². The molecule has 0 radical (unpaired) electrons. The summed E-state index contributed by atoms with van der Waals surface area (Å²) >= 11 is 0. The largest absolute Gasteiger partial charge is 0.377 e. The number of ether oxygens (including phenoxy) is 1. The lowest BCUT2D eigenvalue weighted by atomic mass is 10.2. The van der Waals surface area contributed by atoms with Gasteiger partial charge in [0.2, 0.25) is 20.0 Å². The lowest BCUT2D eigenvalue weighted by molar-refractivity contribution is 0.127. The van der Waals surface area contributed by atoms with Crippen LogP contribution in [0.1, 0.15) is 18.4 Å². The first kappa shape index (κ1) is 16.4. The van der Waals surface area contributed by atoms with Crippen LogP contribution in [0.15, 0.2) is 29.2 Å². The molecule has 1 heterocycles. The molecule has 0 aromatic heterocycles. The third-order valence-electron chi connectivity index (χ3n) is 3.18. The molecule has 1 aliphatic rings. The second-order valence-corrected chi connectivity index (χ2v) is 8.34. The molecule has 1 aromatic rings. The average molecular weight is 334 g/mol. The van der Waals surface area contributed by atoms with Gasteiger partial charge < -0.3 is 4.74 Å². The Balaban J connectivity index is 1.93. The molecule has 1 atom stereocenters. The van der Waals surface area contributed by atoms with Gasteiger partial charge in [0.1, 0.15) is 0 Å². The standard InChI is InChI=1S/C12H18N2O5S2/c13-21(17,18)12-5-3-10(4-6-12)8-14-20(15,16)9-11-2-1-7-19-11/h3-6,11,14H,1-2,7-9H2,(H2,13,17,18). The zero-order valence-electron chi connectivity index (χ0n) is 11.4. The Morgan fingerprint density at radius 1 is 1.19 bits per heavy atom. The Labute approximate surface area is 124 Å². The van der Waals surface area contributed by atoms with Crippen molar-refractivity contribution in [2.45, 2.75) is 30.4 Å². The second-order valence-electron chi connectivity index (χ2n) is 4.93. The van der Waals surface area contributed by atoms with E-state index in [4.69, 9.17) is 9.88 Å². The fourth-order valence-corrected chi connectivity index (χ4v) is 3.84. The molecule has 1 unspecified atom stereocenters. The summed E-state index contributed by atoms with van der Waals surface area (Å²) < 4.78 is 53.7. The minimum absolute atomic E-state index is 0.00605. The van der Waals surface area contributed by atoms with E-state index in [0.29, 0.717) is 12.2 Å². The minimum Gasteiger partial charge on any atom is -0.377 e. The summed E-state index contributed by atoms with van der Waals surface area (Å²) in [6, 6.07) is 5.74. The molecule has 0 amide bonds. The van der Waals surface area contributed by atoms with Gasteiger partial charge in [0.05, 0.1) is 16.8 Å². The number of nitrogens with two attached hydrogens (primary N) is 1. The van der Waals surface area contributed by atoms with E-state index in [2.05, 4.69) is 4.72 Å². The van der Waals surface area contributed by atoms with Crippen molar-refractivity contribution in [3.05, 3.63) is 29.8 Å². The molecule has 3 N–H and O–H groups in total. The zero-order chi connectivity index (χ0) is 15.5. The highest BCUT2D eigenvalue weighted by Gasteiger charge is 2.22. The number of benzene rings is 1. The predicted molar refractivity (Wildman–Crippen MR) is 77.4 cm³/mol. The van der Waals surface area contributed by atoms with E-state index >= 15 is 0 Å². The Morgan fingerprint density at radius 2 is 1.86 bits per heavy atom. The molecule has 21 heavy (non-hydrogen) atoms. The summed E-state index contributed by atoms with van der Waals surface area (Å²) in [4.78, 5) is -0.00605. The van der Waals surface area contributed by atoms with Crippen LogP contribution in [0.3, 0.4) is 0 Å². The zero-order valence-corrected chi connectivity index (χ0v) is 13.0. The maximum Gasteiger partial charge on any atom is 0.238 e. The van der Waals surface area contributed by atoms with Crippen molar-refractivity contribution in [3.63, 3.8) is 0 Å². The normalized spacial score (nSPS) is 19.8. The summed E-state index contributed by atoms with van der Waals surface area (Å²) in [7, 11) is -7.15. The molecule has 0 aliphatic carbocycles. The number of nitrogens with one attached hydrogen (secondary N) is 1. The van der Waals surface area contributed by atoms with E-state index < -0.39 is 20.0 Å². The lowest BCUT2D eigenvalue weighted by Crippen LogP contribution is -2.31. The quantitative estimate of drug-likeness (QED) is 0.755. The highest BCUT2D eigenvalue weighted by molar-refractivity contribution is 7.89. The summed E-state index contributed by atoms with van der Waals surface area (Å²) in [6.45, 7) is 0.704. The first-order valence-corrected chi connectivity index (χ1v) is 9.67. The molecule has 118 valence electrons. The van der Waals surface area contributed by atoms with Crippen molar-refractivity contribution in [1.82, 2.24) is 4.72 Å².